The summed E-state index contributed by atoms with van der Waals surface area (Å²) in [6.45, 7) is 7.78. The van der Waals surface area contributed by atoms with Crippen molar-refractivity contribution >= 4 is 23.0 Å². The predicted molar refractivity (Wildman–Crippen MR) is 112 cm³/mol. The summed E-state index contributed by atoms with van der Waals surface area (Å²) >= 11 is 0. The Morgan fingerprint density at radius 2 is 1.96 bits per heavy atom. The lowest BCUT2D eigenvalue weighted by molar-refractivity contribution is -0.384. The Morgan fingerprint density at radius 1 is 1.25 bits per heavy atom. The van der Waals surface area contributed by atoms with E-state index in [4.69, 9.17) is 0 Å². The van der Waals surface area contributed by atoms with Gasteiger partial charge in [-0.25, -0.2) is 0 Å². The molecule has 0 bridgehead atoms. The van der Waals surface area contributed by atoms with Gasteiger partial charge in [0.15, 0.2) is 0 Å². The molecule has 0 aliphatic carbocycles. The minimum absolute atomic E-state index is 0.0114. The lowest BCUT2D eigenvalue weighted by atomic mass is 9.98. The number of nitro benzene ring substituents is 1. The SMILES string of the molecule is CCc1cccc(C)c1NC(=O)c1ccc(N2CCC(C)CC2)c([N+](=O)[O-])c1. The molecule has 2 aromatic carbocycles. The van der Waals surface area contributed by atoms with Gasteiger partial charge in [-0.15, -0.1) is 0 Å². The van der Waals surface area contributed by atoms with Crippen molar-refractivity contribution in [2.75, 3.05) is 23.3 Å². The van der Waals surface area contributed by atoms with Gasteiger partial charge in [-0.1, -0.05) is 32.0 Å². The summed E-state index contributed by atoms with van der Waals surface area (Å²) in [7, 11) is 0. The standard InChI is InChI=1S/C22H27N3O3/c1-4-17-7-5-6-16(3)21(17)23-22(26)18-8-9-19(20(14-18)25(27)28)24-12-10-15(2)11-13-24/h5-9,14-15H,4,10-13H2,1-3H3,(H,23,26). The topological polar surface area (TPSA) is 75.5 Å². The highest BCUT2D eigenvalue weighted by atomic mass is 16.6. The first-order chi connectivity index (χ1) is 13.4. The van der Waals surface area contributed by atoms with E-state index >= 15 is 0 Å². The molecule has 6 nitrogen and oxygen atoms in total. The van der Waals surface area contributed by atoms with Crippen molar-refractivity contribution in [1.82, 2.24) is 0 Å². The van der Waals surface area contributed by atoms with E-state index in [9.17, 15) is 14.9 Å². The van der Waals surface area contributed by atoms with Gasteiger partial charge >= 0.3 is 0 Å². The fourth-order valence-electron chi connectivity index (χ4n) is 3.72. The molecular weight excluding hydrogens is 354 g/mol. The molecule has 1 N–H and O–H groups in total. The van der Waals surface area contributed by atoms with E-state index in [1.807, 2.05) is 32.0 Å². The third-order valence-electron chi connectivity index (χ3n) is 5.54. The Morgan fingerprint density at radius 3 is 2.61 bits per heavy atom. The van der Waals surface area contributed by atoms with Crippen molar-refractivity contribution in [2.24, 2.45) is 5.92 Å². The van der Waals surface area contributed by atoms with E-state index < -0.39 is 4.92 Å². The summed E-state index contributed by atoms with van der Waals surface area (Å²) in [5.41, 5.74) is 3.68. The van der Waals surface area contributed by atoms with E-state index in [2.05, 4.69) is 17.1 Å². The number of benzene rings is 2. The molecule has 3 rings (SSSR count). The van der Waals surface area contributed by atoms with Crippen LogP contribution < -0.4 is 10.2 Å². The van der Waals surface area contributed by atoms with E-state index in [-0.39, 0.29) is 11.6 Å². The van der Waals surface area contributed by atoms with Crippen molar-refractivity contribution in [1.29, 1.82) is 0 Å². The number of nitrogens with zero attached hydrogens (tertiary/aromatic N) is 2. The van der Waals surface area contributed by atoms with Crippen LogP contribution in [0.4, 0.5) is 17.1 Å². The van der Waals surface area contributed by atoms with E-state index in [1.54, 1.807) is 12.1 Å². The molecule has 0 saturated carbocycles. The first-order valence-corrected chi connectivity index (χ1v) is 9.84. The first kappa shape index (κ1) is 19.9. The summed E-state index contributed by atoms with van der Waals surface area (Å²) in [4.78, 5) is 26.1. The van der Waals surface area contributed by atoms with Gasteiger partial charge in [-0.05, 0) is 55.4 Å². The Kier molecular flexibility index (Phi) is 5.97. The lowest BCUT2D eigenvalue weighted by Crippen LogP contribution is -2.33. The Bertz CT molecular complexity index is 887. The number of amides is 1. The molecule has 1 aliphatic rings. The number of anilines is 2. The van der Waals surface area contributed by atoms with Crippen LogP contribution in [0.5, 0.6) is 0 Å². The zero-order valence-electron chi connectivity index (χ0n) is 16.7. The van der Waals surface area contributed by atoms with Crippen LogP contribution >= 0.6 is 0 Å². The average Bonchev–Trinajstić information content (AvgIpc) is 2.69. The normalized spacial score (nSPS) is 14.8. The molecule has 2 aromatic rings. The molecule has 1 saturated heterocycles. The number of aryl methyl sites for hydroxylation is 2. The molecule has 1 heterocycles. The summed E-state index contributed by atoms with van der Waals surface area (Å²) < 4.78 is 0. The number of para-hydroxylation sites is 1. The predicted octanol–water partition coefficient (Wildman–Crippen LogP) is 4.95. The second kappa shape index (κ2) is 8.42. The van der Waals surface area contributed by atoms with Crippen LogP contribution in [0, 0.1) is 23.0 Å². The number of rotatable bonds is 5. The number of piperidine rings is 1. The number of nitro groups is 1. The highest BCUT2D eigenvalue weighted by Gasteiger charge is 2.25. The van der Waals surface area contributed by atoms with Crippen LogP contribution in [0.1, 0.15) is 48.2 Å². The third-order valence-corrected chi connectivity index (χ3v) is 5.54. The van der Waals surface area contributed by atoms with Gasteiger partial charge in [0.05, 0.1) is 4.92 Å². The summed E-state index contributed by atoms with van der Waals surface area (Å²) in [6, 6.07) is 10.7. The molecule has 1 fully saturated rings. The van der Waals surface area contributed by atoms with E-state index in [0.29, 0.717) is 17.2 Å². The molecule has 1 aliphatic heterocycles. The average molecular weight is 381 g/mol. The maximum atomic E-state index is 12.8. The number of hydrogen-bond donors (Lipinski definition) is 1. The number of carbonyl (C=O) groups is 1. The molecule has 28 heavy (non-hydrogen) atoms. The molecule has 6 heteroatoms. The summed E-state index contributed by atoms with van der Waals surface area (Å²) in [6.07, 6.45) is 2.84. The minimum atomic E-state index is -0.393. The van der Waals surface area contributed by atoms with E-state index in [0.717, 1.165) is 49.2 Å². The van der Waals surface area contributed by atoms with Crippen LogP contribution in [-0.4, -0.2) is 23.9 Å². The van der Waals surface area contributed by atoms with Gasteiger partial charge in [0.1, 0.15) is 5.69 Å². The molecule has 0 unspecified atom stereocenters. The first-order valence-electron chi connectivity index (χ1n) is 9.84. The highest BCUT2D eigenvalue weighted by Crippen LogP contribution is 2.33. The lowest BCUT2D eigenvalue weighted by Gasteiger charge is -2.31. The molecule has 1 amide bonds. The molecular formula is C22H27N3O3. The third kappa shape index (κ3) is 4.16. The second-order valence-electron chi connectivity index (χ2n) is 7.55. The van der Waals surface area contributed by atoms with Crippen LogP contribution in [-0.2, 0) is 6.42 Å². The van der Waals surface area contributed by atoms with Crippen molar-refractivity contribution in [3.63, 3.8) is 0 Å². The quantitative estimate of drug-likeness (QED) is 0.587. The van der Waals surface area contributed by atoms with Crippen molar-refractivity contribution < 1.29 is 9.72 Å². The Balaban J connectivity index is 1.88. The molecule has 0 atom stereocenters. The molecule has 0 radical (unpaired) electrons. The molecule has 0 spiro atoms. The van der Waals surface area contributed by atoms with Gasteiger partial charge in [-0.2, -0.15) is 0 Å². The van der Waals surface area contributed by atoms with Gasteiger partial charge in [0, 0.05) is 30.4 Å². The molecule has 148 valence electrons. The van der Waals surface area contributed by atoms with Crippen molar-refractivity contribution in [2.45, 2.75) is 40.0 Å². The largest absolute Gasteiger partial charge is 0.366 e. The zero-order chi connectivity index (χ0) is 20.3. The number of nitrogens with one attached hydrogen (secondary N) is 1. The van der Waals surface area contributed by atoms with Crippen molar-refractivity contribution in [3.8, 4) is 0 Å². The maximum Gasteiger partial charge on any atom is 0.293 e. The van der Waals surface area contributed by atoms with Gasteiger partial charge in [0.25, 0.3) is 11.6 Å². The van der Waals surface area contributed by atoms with Gasteiger partial charge in [0.2, 0.25) is 0 Å². The van der Waals surface area contributed by atoms with Crippen LogP contribution in [0.25, 0.3) is 0 Å². The van der Waals surface area contributed by atoms with Crippen LogP contribution in [0.15, 0.2) is 36.4 Å². The monoisotopic (exact) mass is 381 g/mol. The fraction of sp³-hybridized carbons (Fsp3) is 0.409. The summed E-state index contributed by atoms with van der Waals surface area (Å²) in [5.74, 6) is 0.313. The maximum absolute atomic E-state index is 12.8. The molecule has 0 aromatic heterocycles. The summed E-state index contributed by atoms with van der Waals surface area (Å²) in [5, 5.41) is 14.6. The van der Waals surface area contributed by atoms with Crippen molar-refractivity contribution in [3.05, 3.63) is 63.2 Å². The van der Waals surface area contributed by atoms with Crippen LogP contribution in [0.2, 0.25) is 0 Å². The number of hydrogen-bond acceptors (Lipinski definition) is 4. The van der Waals surface area contributed by atoms with E-state index in [1.165, 1.54) is 6.07 Å². The fourth-order valence-corrected chi connectivity index (χ4v) is 3.72. The number of carbonyl (C=O) groups excluding carboxylic acids is 1. The Labute approximate surface area is 165 Å². The smallest absolute Gasteiger partial charge is 0.293 e. The highest BCUT2D eigenvalue weighted by molar-refractivity contribution is 6.06. The van der Waals surface area contributed by atoms with Gasteiger partial charge < -0.3 is 10.2 Å². The second-order valence-corrected chi connectivity index (χ2v) is 7.55. The van der Waals surface area contributed by atoms with Crippen LogP contribution in [0.3, 0.4) is 0 Å². The van der Waals surface area contributed by atoms with Gasteiger partial charge in [-0.3, -0.25) is 14.9 Å². The zero-order valence-corrected chi connectivity index (χ0v) is 16.7. The Hall–Kier alpha value is -2.89. The minimum Gasteiger partial charge on any atom is -0.366 e.